The SMILES string of the molecule is Cc1ccc(CN(C)C(=O)c2cn(C3CCNCC3)nn2)o1.Cl. The number of piperidine rings is 1. The Labute approximate surface area is 141 Å². The molecule has 8 heteroatoms. The molecule has 0 radical (unpaired) electrons. The molecule has 1 N–H and O–H groups in total. The van der Waals surface area contributed by atoms with Gasteiger partial charge in [0.2, 0.25) is 0 Å². The predicted molar refractivity (Wildman–Crippen MR) is 87.7 cm³/mol. The molecular weight excluding hydrogens is 318 g/mol. The van der Waals surface area contributed by atoms with E-state index in [1.165, 1.54) is 0 Å². The second-order valence-electron chi connectivity index (χ2n) is 5.74. The maximum atomic E-state index is 12.4. The standard InChI is InChI=1S/C15H21N5O2.ClH/c1-11-3-4-13(22-11)9-19(2)15(21)14-10-20(18-17-14)12-5-7-16-8-6-12;/h3-4,10,12,16H,5-9H2,1-2H3;1H. The topological polar surface area (TPSA) is 76.2 Å². The highest BCUT2D eigenvalue weighted by Gasteiger charge is 2.21. The summed E-state index contributed by atoms with van der Waals surface area (Å²) in [7, 11) is 1.74. The molecule has 0 aromatic carbocycles. The number of nitrogens with one attached hydrogen (secondary N) is 1. The van der Waals surface area contributed by atoms with Crippen molar-refractivity contribution in [2.75, 3.05) is 20.1 Å². The van der Waals surface area contributed by atoms with E-state index in [4.69, 9.17) is 4.42 Å². The minimum absolute atomic E-state index is 0. The molecule has 2 aromatic rings. The van der Waals surface area contributed by atoms with Gasteiger partial charge in [-0.15, -0.1) is 17.5 Å². The van der Waals surface area contributed by atoms with Crippen molar-refractivity contribution in [3.05, 3.63) is 35.5 Å². The first-order chi connectivity index (χ1) is 10.6. The monoisotopic (exact) mass is 339 g/mol. The highest BCUT2D eigenvalue weighted by molar-refractivity contribution is 5.91. The van der Waals surface area contributed by atoms with E-state index in [-0.39, 0.29) is 18.3 Å². The fourth-order valence-electron chi connectivity index (χ4n) is 2.70. The quantitative estimate of drug-likeness (QED) is 0.919. The van der Waals surface area contributed by atoms with Gasteiger partial charge in [-0.05, 0) is 45.0 Å². The molecule has 0 spiro atoms. The van der Waals surface area contributed by atoms with E-state index in [1.807, 2.05) is 23.7 Å². The average Bonchev–Trinajstić information content (AvgIpc) is 3.17. The lowest BCUT2D eigenvalue weighted by Crippen LogP contribution is -2.29. The van der Waals surface area contributed by atoms with E-state index in [0.29, 0.717) is 18.3 Å². The van der Waals surface area contributed by atoms with Crippen LogP contribution in [0.25, 0.3) is 0 Å². The van der Waals surface area contributed by atoms with Crippen LogP contribution < -0.4 is 5.32 Å². The average molecular weight is 340 g/mol. The van der Waals surface area contributed by atoms with E-state index in [2.05, 4.69) is 15.6 Å². The summed E-state index contributed by atoms with van der Waals surface area (Å²) in [6.07, 6.45) is 3.78. The van der Waals surface area contributed by atoms with Gasteiger partial charge in [0.25, 0.3) is 5.91 Å². The van der Waals surface area contributed by atoms with Gasteiger partial charge in [-0.1, -0.05) is 5.21 Å². The van der Waals surface area contributed by atoms with Crippen molar-refractivity contribution in [1.29, 1.82) is 0 Å². The Morgan fingerprint density at radius 3 is 2.83 bits per heavy atom. The van der Waals surface area contributed by atoms with E-state index < -0.39 is 0 Å². The van der Waals surface area contributed by atoms with Gasteiger partial charge >= 0.3 is 0 Å². The third-order valence-corrected chi connectivity index (χ3v) is 3.95. The van der Waals surface area contributed by atoms with Crippen molar-refractivity contribution >= 4 is 18.3 Å². The van der Waals surface area contributed by atoms with Crippen molar-refractivity contribution < 1.29 is 9.21 Å². The minimum atomic E-state index is -0.144. The number of aromatic nitrogens is 3. The molecule has 0 saturated carbocycles. The number of hydrogen-bond donors (Lipinski definition) is 1. The lowest BCUT2D eigenvalue weighted by Gasteiger charge is -2.22. The van der Waals surface area contributed by atoms with Gasteiger partial charge in [0.1, 0.15) is 11.5 Å². The first kappa shape index (κ1) is 17.5. The van der Waals surface area contributed by atoms with Crippen LogP contribution in [0.2, 0.25) is 0 Å². The Bertz CT molecular complexity index is 648. The van der Waals surface area contributed by atoms with Crippen LogP contribution >= 0.6 is 12.4 Å². The van der Waals surface area contributed by atoms with Gasteiger partial charge in [0.15, 0.2) is 5.69 Å². The van der Waals surface area contributed by atoms with Crippen molar-refractivity contribution in [1.82, 2.24) is 25.2 Å². The first-order valence-electron chi connectivity index (χ1n) is 7.57. The van der Waals surface area contributed by atoms with Crippen molar-refractivity contribution in [2.24, 2.45) is 0 Å². The highest BCUT2D eigenvalue weighted by Crippen LogP contribution is 2.17. The molecule has 3 heterocycles. The fraction of sp³-hybridized carbons (Fsp3) is 0.533. The van der Waals surface area contributed by atoms with Gasteiger partial charge in [0.05, 0.1) is 18.8 Å². The molecule has 0 unspecified atom stereocenters. The van der Waals surface area contributed by atoms with E-state index >= 15 is 0 Å². The predicted octanol–water partition coefficient (Wildman–Crippen LogP) is 1.80. The molecule has 0 aliphatic carbocycles. The second-order valence-corrected chi connectivity index (χ2v) is 5.74. The zero-order chi connectivity index (χ0) is 15.5. The first-order valence-corrected chi connectivity index (χ1v) is 7.57. The molecule has 126 valence electrons. The van der Waals surface area contributed by atoms with Crippen LogP contribution in [0.5, 0.6) is 0 Å². The summed E-state index contributed by atoms with van der Waals surface area (Å²) in [6, 6.07) is 4.10. The lowest BCUT2D eigenvalue weighted by molar-refractivity contribution is 0.0769. The Morgan fingerprint density at radius 2 is 2.17 bits per heavy atom. The summed E-state index contributed by atoms with van der Waals surface area (Å²) in [4.78, 5) is 14.0. The molecule has 0 bridgehead atoms. The number of furan rings is 1. The fourth-order valence-corrected chi connectivity index (χ4v) is 2.70. The van der Waals surface area contributed by atoms with E-state index in [1.54, 1.807) is 18.1 Å². The third-order valence-electron chi connectivity index (χ3n) is 3.95. The second kappa shape index (κ2) is 7.61. The number of amides is 1. The van der Waals surface area contributed by atoms with Crippen LogP contribution in [0.1, 0.15) is 40.9 Å². The van der Waals surface area contributed by atoms with Crippen LogP contribution in [0.15, 0.2) is 22.7 Å². The van der Waals surface area contributed by atoms with Crippen molar-refractivity contribution in [2.45, 2.75) is 32.4 Å². The van der Waals surface area contributed by atoms with Crippen molar-refractivity contribution in [3.63, 3.8) is 0 Å². The van der Waals surface area contributed by atoms with Gasteiger partial charge in [0, 0.05) is 7.05 Å². The summed E-state index contributed by atoms with van der Waals surface area (Å²) in [5.41, 5.74) is 0.379. The smallest absolute Gasteiger partial charge is 0.276 e. The molecule has 1 aliphatic heterocycles. The number of hydrogen-bond acceptors (Lipinski definition) is 5. The number of carbonyl (C=O) groups excluding carboxylic acids is 1. The minimum Gasteiger partial charge on any atom is -0.464 e. The molecule has 23 heavy (non-hydrogen) atoms. The van der Waals surface area contributed by atoms with Gasteiger partial charge in [-0.2, -0.15) is 0 Å². The summed E-state index contributed by atoms with van der Waals surface area (Å²) >= 11 is 0. The summed E-state index contributed by atoms with van der Waals surface area (Å²) in [5, 5.41) is 11.5. The summed E-state index contributed by atoms with van der Waals surface area (Å²) in [5.74, 6) is 1.46. The van der Waals surface area contributed by atoms with Crippen LogP contribution in [0.3, 0.4) is 0 Å². The van der Waals surface area contributed by atoms with Crippen LogP contribution in [0.4, 0.5) is 0 Å². The maximum absolute atomic E-state index is 12.4. The normalized spacial score (nSPS) is 15.2. The van der Waals surface area contributed by atoms with Gasteiger partial charge in [-0.3, -0.25) is 4.79 Å². The molecule has 1 fully saturated rings. The zero-order valence-corrected chi connectivity index (χ0v) is 14.2. The summed E-state index contributed by atoms with van der Waals surface area (Å²) < 4.78 is 7.32. The zero-order valence-electron chi connectivity index (χ0n) is 13.4. The largest absolute Gasteiger partial charge is 0.464 e. The van der Waals surface area contributed by atoms with Crippen molar-refractivity contribution in [3.8, 4) is 0 Å². The van der Waals surface area contributed by atoms with Crippen LogP contribution in [0, 0.1) is 6.92 Å². The van der Waals surface area contributed by atoms with Crippen LogP contribution in [-0.2, 0) is 6.54 Å². The molecule has 1 saturated heterocycles. The number of carbonyl (C=O) groups is 1. The molecule has 7 nitrogen and oxygen atoms in total. The highest BCUT2D eigenvalue weighted by atomic mass is 35.5. The Hall–Kier alpha value is -1.86. The number of aryl methyl sites for hydroxylation is 1. The Morgan fingerprint density at radius 1 is 1.43 bits per heavy atom. The van der Waals surface area contributed by atoms with E-state index in [0.717, 1.165) is 37.5 Å². The molecule has 2 aromatic heterocycles. The van der Waals surface area contributed by atoms with Crippen LogP contribution in [-0.4, -0.2) is 45.9 Å². The lowest BCUT2D eigenvalue weighted by atomic mass is 10.1. The van der Waals surface area contributed by atoms with E-state index in [9.17, 15) is 4.79 Å². The van der Waals surface area contributed by atoms with Gasteiger partial charge in [-0.25, -0.2) is 4.68 Å². The Balaban J connectivity index is 0.00000192. The maximum Gasteiger partial charge on any atom is 0.276 e. The molecule has 3 rings (SSSR count). The Kier molecular flexibility index (Phi) is 5.79. The number of rotatable bonds is 4. The number of nitrogens with zero attached hydrogens (tertiary/aromatic N) is 4. The summed E-state index contributed by atoms with van der Waals surface area (Å²) in [6.45, 7) is 4.26. The van der Waals surface area contributed by atoms with Gasteiger partial charge < -0.3 is 14.6 Å². The molecular formula is C15H22ClN5O2. The number of halogens is 1. The molecule has 1 amide bonds. The third kappa shape index (κ3) is 4.11. The molecule has 1 aliphatic rings. The molecule has 0 atom stereocenters.